The summed E-state index contributed by atoms with van der Waals surface area (Å²) < 4.78 is 22.3. The van der Waals surface area contributed by atoms with E-state index in [1.54, 1.807) is 0 Å². The number of ether oxygens (including phenoxy) is 3. The minimum absolute atomic E-state index is 0.0126. The minimum Gasteiger partial charge on any atom is -0.508 e. The van der Waals surface area contributed by atoms with Gasteiger partial charge in [-0.3, -0.25) is 4.79 Å². The molecule has 1 aromatic heterocycles. The van der Waals surface area contributed by atoms with Crippen LogP contribution in [0.1, 0.15) is 11.7 Å². The van der Waals surface area contributed by atoms with Crippen molar-refractivity contribution in [1.29, 1.82) is 0 Å². The second kappa shape index (κ2) is 10.9. The predicted molar refractivity (Wildman–Crippen MR) is 132 cm³/mol. The first-order valence-electron chi connectivity index (χ1n) is 12.3. The fraction of sp³-hybridized carbons (Fsp3) is 0.423. The van der Waals surface area contributed by atoms with Crippen LogP contribution in [0.2, 0.25) is 0 Å². The zero-order chi connectivity index (χ0) is 28.9. The highest BCUT2D eigenvalue weighted by Gasteiger charge is 2.50. The largest absolute Gasteiger partial charge is 0.508 e. The summed E-state index contributed by atoms with van der Waals surface area (Å²) in [6.07, 6.45) is -14.9. The lowest BCUT2D eigenvalue weighted by Gasteiger charge is -2.45. The van der Waals surface area contributed by atoms with Crippen molar-refractivity contribution in [2.75, 3.05) is 13.2 Å². The maximum absolute atomic E-state index is 13.1. The molecule has 14 heteroatoms. The maximum atomic E-state index is 13.1. The first-order valence-corrected chi connectivity index (χ1v) is 12.3. The fourth-order valence-corrected chi connectivity index (χ4v) is 4.88. The highest BCUT2D eigenvalue weighted by molar-refractivity contribution is 5.88. The van der Waals surface area contributed by atoms with E-state index in [9.17, 15) is 50.8 Å². The van der Waals surface area contributed by atoms with E-state index in [1.807, 2.05) is 0 Å². The number of phenols is 3. The first kappa shape index (κ1) is 28.2. The molecule has 2 aliphatic heterocycles. The highest BCUT2D eigenvalue weighted by Crippen LogP contribution is 2.46. The van der Waals surface area contributed by atoms with Crippen molar-refractivity contribution in [3.05, 3.63) is 52.2 Å². The average Bonchev–Trinajstić information content (AvgIpc) is 2.92. The van der Waals surface area contributed by atoms with Gasteiger partial charge in [0.2, 0.25) is 0 Å². The lowest BCUT2D eigenvalue weighted by Crippen LogP contribution is -2.60. The van der Waals surface area contributed by atoms with Gasteiger partial charge in [0.15, 0.2) is 11.7 Å². The monoisotopic (exact) mass is 564 g/mol. The van der Waals surface area contributed by atoms with Gasteiger partial charge in [0.05, 0.1) is 18.8 Å². The predicted octanol–water partition coefficient (Wildman–Crippen LogP) is -1.45. The van der Waals surface area contributed by atoms with E-state index in [-0.39, 0.29) is 22.5 Å². The molecule has 2 fully saturated rings. The molecule has 2 saturated heterocycles. The number of hydrogen-bond donors (Lipinski definition) is 9. The molecular formula is C26H28O14. The van der Waals surface area contributed by atoms with Crippen molar-refractivity contribution in [3.8, 4) is 28.6 Å². The van der Waals surface area contributed by atoms with Crippen LogP contribution in [0, 0.1) is 0 Å². The number of fused-ring (bicyclic) bond motifs is 1. The number of aliphatic hydroxyl groups is 6. The normalized spacial score (nSPS) is 32.8. The van der Waals surface area contributed by atoms with Crippen molar-refractivity contribution in [2.24, 2.45) is 0 Å². The topological polar surface area (TPSA) is 240 Å². The van der Waals surface area contributed by atoms with Gasteiger partial charge in [0, 0.05) is 17.7 Å². The summed E-state index contributed by atoms with van der Waals surface area (Å²) in [5, 5.41) is 92.3. The van der Waals surface area contributed by atoms with Crippen LogP contribution < -0.4 is 5.43 Å². The number of benzene rings is 2. The number of phenolic OH excluding ortho intramolecular Hbond substituents is 3. The summed E-state index contributed by atoms with van der Waals surface area (Å²) in [4.78, 5) is 13.1. The highest BCUT2D eigenvalue weighted by atomic mass is 16.7. The number of aromatic hydroxyl groups is 3. The summed E-state index contributed by atoms with van der Waals surface area (Å²) in [6, 6.07) is 7.84. The van der Waals surface area contributed by atoms with Gasteiger partial charge in [0.1, 0.15) is 82.8 Å². The third kappa shape index (κ3) is 4.89. The van der Waals surface area contributed by atoms with Crippen molar-refractivity contribution in [2.45, 2.75) is 55.1 Å². The van der Waals surface area contributed by atoms with Crippen molar-refractivity contribution < 1.29 is 64.6 Å². The van der Waals surface area contributed by atoms with Crippen LogP contribution in [0.3, 0.4) is 0 Å². The van der Waals surface area contributed by atoms with Crippen molar-refractivity contribution in [3.63, 3.8) is 0 Å². The van der Waals surface area contributed by atoms with Gasteiger partial charge in [0.25, 0.3) is 0 Å². The van der Waals surface area contributed by atoms with Crippen LogP contribution in [-0.4, -0.2) is 108 Å². The van der Waals surface area contributed by atoms with Crippen molar-refractivity contribution in [1.82, 2.24) is 0 Å². The van der Waals surface area contributed by atoms with E-state index < -0.39 is 90.8 Å². The van der Waals surface area contributed by atoms with Gasteiger partial charge < -0.3 is 64.6 Å². The molecule has 0 spiro atoms. The molecule has 14 nitrogen and oxygen atoms in total. The molecule has 0 saturated carbocycles. The van der Waals surface area contributed by atoms with Crippen LogP contribution in [0.25, 0.3) is 22.3 Å². The molecule has 9 N–H and O–H groups in total. The Labute approximate surface area is 225 Å². The smallest absolute Gasteiger partial charge is 0.197 e. The second-order valence-electron chi connectivity index (χ2n) is 9.66. The molecule has 3 aromatic rings. The molecule has 0 amide bonds. The molecule has 0 aliphatic carbocycles. The van der Waals surface area contributed by atoms with Crippen LogP contribution in [0.5, 0.6) is 17.2 Å². The SMILES string of the molecule is O=c1cc(-c2ccc(O)cc2)oc2cc(O)c(C3O[C@H](CO)[C@@H](O)[C@H](O)[C@H]3O[C@@H]3OC[C@H](O)[C@H](O)[C@H]3O)c(O)c12. The Hall–Kier alpha value is -3.31. The zero-order valence-corrected chi connectivity index (χ0v) is 20.6. The van der Waals surface area contributed by atoms with Gasteiger partial charge >= 0.3 is 0 Å². The van der Waals surface area contributed by atoms with E-state index in [0.717, 1.165) is 12.1 Å². The zero-order valence-electron chi connectivity index (χ0n) is 20.6. The Morgan fingerprint density at radius 1 is 0.900 bits per heavy atom. The van der Waals surface area contributed by atoms with E-state index in [1.165, 1.54) is 24.3 Å². The molecule has 1 unspecified atom stereocenters. The Morgan fingerprint density at radius 3 is 2.27 bits per heavy atom. The van der Waals surface area contributed by atoms with E-state index >= 15 is 0 Å². The summed E-state index contributed by atoms with van der Waals surface area (Å²) in [6.45, 7) is -1.24. The fourth-order valence-electron chi connectivity index (χ4n) is 4.88. The third-order valence-corrected chi connectivity index (χ3v) is 7.06. The molecule has 0 radical (unpaired) electrons. The lowest BCUT2D eigenvalue weighted by atomic mass is 9.89. The number of hydrogen-bond acceptors (Lipinski definition) is 14. The van der Waals surface area contributed by atoms with E-state index in [0.29, 0.717) is 5.56 Å². The lowest BCUT2D eigenvalue weighted by molar-refractivity contribution is -0.325. The van der Waals surface area contributed by atoms with Crippen LogP contribution in [0.15, 0.2) is 45.6 Å². The van der Waals surface area contributed by atoms with E-state index in [2.05, 4.69) is 0 Å². The maximum Gasteiger partial charge on any atom is 0.197 e. The van der Waals surface area contributed by atoms with E-state index in [4.69, 9.17) is 18.6 Å². The van der Waals surface area contributed by atoms with Crippen LogP contribution in [0.4, 0.5) is 0 Å². The summed E-state index contributed by atoms with van der Waals surface area (Å²) in [5.41, 5.74) is -0.980. The minimum atomic E-state index is -1.85. The molecule has 40 heavy (non-hydrogen) atoms. The molecule has 0 bridgehead atoms. The molecular weight excluding hydrogens is 536 g/mol. The Kier molecular flexibility index (Phi) is 7.71. The molecule has 9 atom stereocenters. The molecule has 5 rings (SSSR count). The van der Waals surface area contributed by atoms with Crippen LogP contribution in [-0.2, 0) is 14.2 Å². The van der Waals surface area contributed by atoms with Gasteiger partial charge in [-0.2, -0.15) is 0 Å². The number of aliphatic hydroxyl groups excluding tert-OH is 6. The first-order chi connectivity index (χ1) is 19.0. The van der Waals surface area contributed by atoms with Gasteiger partial charge in [-0.15, -0.1) is 0 Å². The quantitative estimate of drug-likeness (QED) is 0.172. The van der Waals surface area contributed by atoms with Gasteiger partial charge in [-0.05, 0) is 24.3 Å². The van der Waals surface area contributed by atoms with Crippen LogP contribution >= 0.6 is 0 Å². The third-order valence-electron chi connectivity index (χ3n) is 7.06. The average molecular weight is 564 g/mol. The summed E-state index contributed by atoms with van der Waals surface area (Å²) in [5.74, 6) is -1.42. The second-order valence-corrected chi connectivity index (χ2v) is 9.66. The van der Waals surface area contributed by atoms with Gasteiger partial charge in [-0.25, -0.2) is 0 Å². The van der Waals surface area contributed by atoms with Crippen molar-refractivity contribution >= 4 is 11.0 Å². The van der Waals surface area contributed by atoms with Gasteiger partial charge in [-0.1, -0.05) is 0 Å². The summed E-state index contributed by atoms with van der Waals surface area (Å²) in [7, 11) is 0. The Morgan fingerprint density at radius 2 is 1.60 bits per heavy atom. The molecule has 216 valence electrons. The number of rotatable bonds is 5. The Balaban J connectivity index is 1.58. The molecule has 2 aromatic carbocycles. The summed E-state index contributed by atoms with van der Waals surface area (Å²) >= 11 is 0. The molecule has 2 aliphatic rings. The molecule has 3 heterocycles. The Bertz CT molecular complexity index is 1420. The standard InChI is InChI=1S/C26H28O14/c27-7-16-20(33)22(35)25(40-26-23(36)19(32)13(31)8-37-26)24(39-16)18-12(30)6-15-17(21(18)34)11(29)5-14(38-15)9-1-3-10(28)4-2-9/h1-6,13,16,19-20,22-28,30-36H,7-8H2/t13-,16+,19-,20+,22-,23+,24?,25+,26-/m0/s1.